The summed E-state index contributed by atoms with van der Waals surface area (Å²) in [4.78, 5) is 14.1. The number of hydrogen-bond acceptors (Lipinski definition) is 3. The Morgan fingerprint density at radius 1 is 1.30 bits per heavy atom. The lowest BCUT2D eigenvalue weighted by Crippen LogP contribution is -2.40. The highest BCUT2D eigenvalue weighted by molar-refractivity contribution is 5.78. The van der Waals surface area contributed by atoms with E-state index in [4.69, 9.17) is 9.84 Å². The maximum absolute atomic E-state index is 12.2. The van der Waals surface area contributed by atoms with E-state index < -0.39 is 0 Å². The number of carbonyl (C=O) groups is 1. The van der Waals surface area contributed by atoms with E-state index in [0.29, 0.717) is 18.9 Å². The summed E-state index contributed by atoms with van der Waals surface area (Å²) in [5.41, 5.74) is 1.02. The molecule has 0 radical (unpaired) electrons. The van der Waals surface area contributed by atoms with Gasteiger partial charge in [-0.05, 0) is 43.4 Å². The molecule has 4 heteroatoms. The molecular formula is C16H23NO3. The summed E-state index contributed by atoms with van der Waals surface area (Å²) < 4.78 is 5.39. The fraction of sp³-hybridized carbons (Fsp3) is 0.562. The molecule has 1 aliphatic rings. The van der Waals surface area contributed by atoms with Gasteiger partial charge in [-0.25, -0.2) is 0 Å². The second-order valence-electron chi connectivity index (χ2n) is 5.26. The minimum Gasteiger partial charge on any atom is -0.494 e. The van der Waals surface area contributed by atoms with E-state index >= 15 is 0 Å². The average Bonchev–Trinajstić information content (AvgIpc) is 2.49. The zero-order valence-electron chi connectivity index (χ0n) is 12.0. The highest BCUT2D eigenvalue weighted by atomic mass is 16.5. The van der Waals surface area contributed by atoms with Crippen molar-refractivity contribution in [2.45, 2.75) is 26.2 Å². The monoisotopic (exact) mass is 277 g/mol. The molecule has 0 atom stereocenters. The highest BCUT2D eigenvalue weighted by Gasteiger charge is 2.22. The quantitative estimate of drug-likeness (QED) is 0.893. The van der Waals surface area contributed by atoms with E-state index in [-0.39, 0.29) is 12.5 Å². The molecule has 1 amide bonds. The number of benzene rings is 1. The largest absolute Gasteiger partial charge is 0.494 e. The van der Waals surface area contributed by atoms with Crippen molar-refractivity contribution in [1.82, 2.24) is 4.90 Å². The molecule has 1 N–H and O–H groups in total. The smallest absolute Gasteiger partial charge is 0.226 e. The van der Waals surface area contributed by atoms with Gasteiger partial charge in [0.1, 0.15) is 5.75 Å². The molecule has 0 aliphatic carbocycles. The van der Waals surface area contributed by atoms with Crippen molar-refractivity contribution < 1.29 is 14.6 Å². The first kappa shape index (κ1) is 14.9. The lowest BCUT2D eigenvalue weighted by molar-refractivity contribution is -0.132. The number of likely N-dealkylation sites (tertiary alicyclic amines) is 1. The van der Waals surface area contributed by atoms with Gasteiger partial charge >= 0.3 is 0 Å². The number of ether oxygens (including phenoxy) is 1. The van der Waals surface area contributed by atoms with Crippen LogP contribution in [0.25, 0.3) is 0 Å². The number of amides is 1. The maximum atomic E-state index is 12.2. The van der Waals surface area contributed by atoms with Crippen molar-refractivity contribution >= 4 is 5.91 Å². The molecule has 1 aromatic rings. The standard InChI is InChI=1S/C16H23NO3/c1-2-20-15-5-3-13(4-6-15)11-16(19)17-9-7-14(12-18)8-10-17/h3-6,14,18H,2,7-12H2,1H3. The maximum Gasteiger partial charge on any atom is 0.226 e. The predicted octanol–water partition coefficient (Wildman–Crippen LogP) is 1.86. The normalized spacial score (nSPS) is 16.2. The Hall–Kier alpha value is -1.55. The van der Waals surface area contributed by atoms with Crippen LogP contribution in [0.1, 0.15) is 25.3 Å². The first-order valence-corrected chi connectivity index (χ1v) is 7.33. The summed E-state index contributed by atoms with van der Waals surface area (Å²) in [5, 5.41) is 9.11. The van der Waals surface area contributed by atoms with E-state index in [1.54, 1.807) is 0 Å². The topological polar surface area (TPSA) is 49.8 Å². The van der Waals surface area contributed by atoms with Gasteiger partial charge in [-0.2, -0.15) is 0 Å². The molecule has 0 spiro atoms. The Bertz CT molecular complexity index is 422. The summed E-state index contributed by atoms with van der Waals surface area (Å²) in [6, 6.07) is 7.71. The number of rotatable bonds is 5. The van der Waals surface area contributed by atoms with Crippen molar-refractivity contribution in [2.75, 3.05) is 26.3 Å². The van der Waals surface area contributed by atoms with Gasteiger partial charge in [0, 0.05) is 19.7 Å². The predicted molar refractivity (Wildman–Crippen MR) is 77.7 cm³/mol. The lowest BCUT2D eigenvalue weighted by atomic mass is 9.97. The van der Waals surface area contributed by atoms with Crippen LogP contribution in [0.2, 0.25) is 0 Å². The van der Waals surface area contributed by atoms with Gasteiger partial charge in [0.25, 0.3) is 0 Å². The zero-order chi connectivity index (χ0) is 14.4. The van der Waals surface area contributed by atoms with E-state index in [9.17, 15) is 4.79 Å². The van der Waals surface area contributed by atoms with Crippen LogP contribution in [-0.4, -0.2) is 42.2 Å². The highest BCUT2D eigenvalue weighted by Crippen LogP contribution is 2.18. The van der Waals surface area contributed by atoms with Crippen LogP contribution in [0.5, 0.6) is 5.75 Å². The van der Waals surface area contributed by atoms with Crippen LogP contribution in [0.4, 0.5) is 0 Å². The summed E-state index contributed by atoms with van der Waals surface area (Å²) in [6.07, 6.45) is 2.26. The molecular weight excluding hydrogens is 254 g/mol. The van der Waals surface area contributed by atoms with E-state index in [1.807, 2.05) is 36.1 Å². The van der Waals surface area contributed by atoms with Crippen molar-refractivity contribution in [1.29, 1.82) is 0 Å². The third-order valence-corrected chi connectivity index (χ3v) is 3.82. The molecule has 0 bridgehead atoms. The third kappa shape index (κ3) is 3.97. The van der Waals surface area contributed by atoms with Gasteiger partial charge in [-0.3, -0.25) is 4.79 Å². The molecule has 1 heterocycles. The van der Waals surface area contributed by atoms with Gasteiger partial charge in [-0.15, -0.1) is 0 Å². The van der Waals surface area contributed by atoms with Crippen LogP contribution >= 0.6 is 0 Å². The van der Waals surface area contributed by atoms with Crippen molar-refractivity contribution in [3.8, 4) is 5.75 Å². The van der Waals surface area contributed by atoms with Crippen LogP contribution in [0.3, 0.4) is 0 Å². The number of piperidine rings is 1. The van der Waals surface area contributed by atoms with Gasteiger partial charge < -0.3 is 14.7 Å². The average molecular weight is 277 g/mol. The third-order valence-electron chi connectivity index (χ3n) is 3.82. The number of aliphatic hydroxyl groups is 1. The minimum absolute atomic E-state index is 0.172. The molecule has 0 saturated carbocycles. The molecule has 1 fully saturated rings. The minimum atomic E-state index is 0.172. The van der Waals surface area contributed by atoms with Gasteiger partial charge in [-0.1, -0.05) is 12.1 Å². The lowest BCUT2D eigenvalue weighted by Gasteiger charge is -2.31. The van der Waals surface area contributed by atoms with Crippen LogP contribution < -0.4 is 4.74 Å². The number of aliphatic hydroxyl groups excluding tert-OH is 1. The Balaban J connectivity index is 1.85. The molecule has 0 aromatic heterocycles. The summed E-state index contributed by atoms with van der Waals surface area (Å²) in [7, 11) is 0. The molecule has 1 saturated heterocycles. The van der Waals surface area contributed by atoms with Gasteiger partial charge in [0.05, 0.1) is 13.0 Å². The first-order valence-electron chi connectivity index (χ1n) is 7.33. The van der Waals surface area contributed by atoms with E-state index in [2.05, 4.69) is 0 Å². The molecule has 1 aliphatic heterocycles. The first-order chi connectivity index (χ1) is 9.72. The summed E-state index contributed by atoms with van der Waals surface area (Å²) >= 11 is 0. The second-order valence-corrected chi connectivity index (χ2v) is 5.26. The zero-order valence-corrected chi connectivity index (χ0v) is 12.0. The molecule has 20 heavy (non-hydrogen) atoms. The van der Waals surface area contributed by atoms with E-state index in [0.717, 1.165) is 37.2 Å². The molecule has 2 rings (SSSR count). The Morgan fingerprint density at radius 2 is 1.95 bits per heavy atom. The summed E-state index contributed by atoms with van der Waals surface area (Å²) in [6.45, 7) is 4.37. The number of hydrogen-bond donors (Lipinski definition) is 1. The Kier molecular flexibility index (Phi) is 5.41. The van der Waals surface area contributed by atoms with Gasteiger partial charge in [0.15, 0.2) is 0 Å². The fourth-order valence-electron chi connectivity index (χ4n) is 2.52. The van der Waals surface area contributed by atoms with Crippen molar-refractivity contribution in [3.63, 3.8) is 0 Å². The number of carbonyl (C=O) groups excluding carboxylic acids is 1. The second kappa shape index (κ2) is 7.29. The summed E-state index contributed by atoms with van der Waals surface area (Å²) in [5.74, 6) is 1.38. The molecule has 4 nitrogen and oxygen atoms in total. The van der Waals surface area contributed by atoms with E-state index in [1.165, 1.54) is 0 Å². The molecule has 110 valence electrons. The van der Waals surface area contributed by atoms with Crippen LogP contribution in [-0.2, 0) is 11.2 Å². The van der Waals surface area contributed by atoms with Crippen LogP contribution in [0, 0.1) is 5.92 Å². The van der Waals surface area contributed by atoms with Gasteiger partial charge in [0.2, 0.25) is 5.91 Å². The molecule has 1 aromatic carbocycles. The van der Waals surface area contributed by atoms with Crippen LogP contribution in [0.15, 0.2) is 24.3 Å². The fourth-order valence-corrected chi connectivity index (χ4v) is 2.52. The Morgan fingerprint density at radius 3 is 2.50 bits per heavy atom. The SMILES string of the molecule is CCOc1ccc(CC(=O)N2CCC(CO)CC2)cc1. The Labute approximate surface area is 120 Å². The number of nitrogens with zero attached hydrogens (tertiary/aromatic N) is 1. The van der Waals surface area contributed by atoms with Crippen molar-refractivity contribution in [3.05, 3.63) is 29.8 Å². The molecule has 0 unspecified atom stereocenters. The van der Waals surface area contributed by atoms with Crippen molar-refractivity contribution in [2.24, 2.45) is 5.92 Å².